The number of nitro benzene ring substituents is 1. The van der Waals surface area contributed by atoms with E-state index in [9.17, 15) is 19.7 Å². The number of rotatable bonds is 6. The van der Waals surface area contributed by atoms with Crippen LogP contribution in [0.3, 0.4) is 0 Å². The molecular formula is C17H15N5O5. The zero-order valence-electron chi connectivity index (χ0n) is 14.1. The first-order valence-electron chi connectivity index (χ1n) is 7.89. The molecule has 0 spiro atoms. The summed E-state index contributed by atoms with van der Waals surface area (Å²) in [5.41, 5.74) is 1.000. The summed E-state index contributed by atoms with van der Waals surface area (Å²) in [4.78, 5) is 34.5. The molecule has 0 bridgehead atoms. The van der Waals surface area contributed by atoms with Gasteiger partial charge in [-0.15, -0.1) is 0 Å². The lowest BCUT2D eigenvalue weighted by Gasteiger charge is -2.11. The van der Waals surface area contributed by atoms with Crippen molar-refractivity contribution < 1.29 is 18.9 Å². The summed E-state index contributed by atoms with van der Waals surface area (Å²) in [5, 5.41) is 22.6. The molecule has 3 N–H and O–H groups in total. The average molecular weight is 369 g/mol. The minimum Gasteiger partial charge on any atom is -0.459 e. The number of aromatic nitrogens is 2. The molecule has 0 saturated carbocycles. The molecule has 2 aromatic heterocycles. The second kappa shape index (κ2) is 7.52. The molecule has 0 aliphatic rings. The Bertz CT molecular complexity index is 979. The molecule has 3 aromatic rings. The van der Waals surface area contributed by atoms with Crippen LogP contribution >= 0.6 is 0 Å². The highest BCUT2D eigenvalue weighted by molar-refractivity contribution is 5.99. The van der Waals surface area contributed by atoms with E-state index in [1.54, 1.807) is 18.2 Å². The molecular weight excluding hydrogens is 354 g/mol. The summed E-state index contributed by atoms with van der Waals surface area (Å²) in [7, 11) is 0. The van der Waals surface area contributed by atoms with Crippen LogP contribution < -0.4 is 10.6 Å². The van der Waals surface area contributed by atoms with Crippen LogP contribution in [0, 0.1) is 10.1 Å². The van der Waals surface area contributed by atoms with E-state index in [-0.39, 0.29) is 17.3 Å². The first-order valence-corrected chi connectivity index (χ1v) is 7.89. The summed E-state index contributed by atoms with van der Waals surface area (Å²) in [5.74, 6) is -0.669. The van der Waals surface area contributed by atoms with E-state index in [1.807, 2.05) is 0 Å². The van der Waals surface area contributed by atoms with Crippen molar-refractivity contribution in [3.05, 3.63) is 64.6 Å². The number of nitro groups is 1. The monoisotopic (exact) mass is 369 g/mol. The maximum atomic E-state index is 12.2. The van der Waals surface area contributed by atoms with Gasteiger partial charge in [0.1, 0.15) is 6.04 Å². The van der Waals surface area contributed by atoms with E-state index in [2.05, 4.69) is 20.8 Å². The molecule has 138 valence electrons. The fourth-order valence-electron chi connectivity index (χ4n) is 2.30. The van der Waals surface area contributed by atoms with Gasteiger partial charge >= 0.3 is 0 Å². The first-order chi connectivity index (χ1) is 12.9. The molecule has 2 heterocycles. The number of hydrogen-bond acceptors (Lipinski definition) is 6. The lowest BCUT2D eigenvalue weighted by atomic mass is 10.1. The standard InChI is InChI=1S/C17H15N5O5/c1-10(18-17(24)14-6-3-7-27-14)16(23)19-15-9-13(20-21-15)11-4-2-5-12(8-11)22(25)26/h2-10H,1H3,(H,18,24)(H2,19,20,21,23). The van der Waals surface area contributed by atoms with Crippen molar-refractivity contribution in [2.24, 2.45) is 0 Å². The zero-order chi connectivity index (χ0) is 19.4. The third kappa shape index (κ3) is 4.18. The molecule has 0 fully saturated rings. The van der Waals surface area contributed by atoms with Gasteiger partial charge in [0.05, 0.1) is 16.9 Å². The van der Waals surface area contributed by atoms with Crippen LogP contribution in [-0.4, -0.2) is 33.0 Å². The van der Waals surface area contributed by atoms with Crippen molar-refractivity contribution in [2.75, 3.05) is 5.32 Å². The predicted molar refractivity (Wildman–Crippen MR) is 94.9 cm³/mol. The van der Waals surface area contributed by atoms with Crippen molar-refractivity contribution in [1.29, 1.82) is 0 Å². The number of non-ortho nitro benzene ring substituents is 1. The number of carbonyl (C=O) groups excluding carboxylic acids is 2. The van der Waals surface area contributed by atoms with Crippen LogP contribution in [0.4, 0.5) is 11.5 Å². The summed E-state index contributed by atoms with van der Waals surface area (Å²) < 4.78 is 4.96. The highest BCUT2D eigenvalue weighted by Crippen LogP contribution is 2.23. The number of aromatic amines is 1. The van der Waals surface area contributed by atoms with Crippen molar-refractivity contribution in [1.82, 2.24) is 15.5 Å². The number of furan rings is 1. The second-order valence-electron chi connectivity index (χ2n) is 5.64. The maximum Gasteiger partial charge on any atom is 0.287 e. The molecule has 0 saturated heterocycles. The van der Waals surface area contributed by atoms with Crippen LogP contribution in [-0.2, 0) is 4.79 Å². The van der Waals surface area contributed by atoms with Crippen LogP contribution in [0.1, 0.15) is 17.5 Å². The molecule has 27 heavy (non-hydrogen) atoms. The number of H-pyrrole nitrogens is 1. The molecule has 0 radical (unpaired) electrons. The van der Waals surface area contributed by atoms with Crippen molar-refractivity contribution in [3.63, 3.8) is 0 Å². The van der Waals surface area contributed by atoms with E-state index in [1.165, 1.54) is 37.5 Å². The Balaban J connectivity index is 1.65. The Morgan fingerprint density at radius 3 is 2.78 bits per heavy atom. The normalized spacial score (nSPS) is 11.6. The molecule has 1 unspecified atom stereocenters. The molecule has 10 heteroatoms. The molecule has 2 amide bonds. The smallest absolute Gasteiger partial charge is 0.287 e. The maximum absolute atomic E-state index is 12.2. The van der Waals surface area contributed by atoms with Crippen LogP contribution in [0.2, 0.25) is 0 Å². The number of nitrogens with zero attached hydrogens (tertiary/aromatic N) is 2. The van der Waals surface area contributed by atoms with Gasteiger partial charge in [0, 0.05) is 23.8 Å². The van der Waals surface area contributed by atoms with Crippen LogP contribution in [0.15, 0.2) is 53.1 Å². The van der Waals surface area contributed by atoms with Gasteiger partial charge in [0.2, 0.25) is 5.91 Å². The van der Waals surface area contributed by atoms with Gasteiger partial charge in [-0.3, -0.25) is 24.8 Å². The Hall–Kier alpha value is -3.95. The Morgan fingerprint density at radius 1 is 1.26 bits per heavy atom. The van der Waals surface area contributed by atoms with E-state index >= 15 is 0 Å². The molecule has 0 aliphatic carbocycles. The van der Waals surface area contributed by atoms with Gasteiger partial charge in [-0.1, -0.05) is 12.1 Å². The Kier molecular flexibility index (Phi) is 4.97. The van der Waals surface area contributed by atoms with E-state index < -0.39 is 22.8 Å². The quantitative estimate of drug-likeness (QED) is 0.449. The number of carbonyl (C=O) groups is 2. The topological polar surface area (TPSA) is 143 Å². The molecule has 3 rings (SSSR count). The molecule has 0 aliphatic heterocycles. The van der Waals surface area contributed by atoms with Gasteiger partial charge in [-0.25, -0.2) is 0 Å². The van der Waals surface area contributed by atoms with Gasteiger partial charge in [0.25, 0.3) is 11.6 Å². The predicted octanol–water partition coefficient (Wildman–Crippen LogP) is 2.33. The number of amides is 2. The Morgan fingerprint density at radius 2 is 2.07 bits per heavy atom. The number of hydrogen-bond donors (Lipinski definition) is 3. The highest BCUT2D eigenvalue weighted by Gasteiger charge is 2.19. The second-order valence-corrected chi connectivity index (χ2v) is 5.64. The van der Waals surface area contributed by atoms with E-state index in [0.29, 0.717) is 11.3 Å². The largest absolute Gasteiger partial charge is 0.459 e. The summed E-state index contributed by atoms with van der Waals surface area (Å²) in [6.07, 6.45) is 1.36. The fourth-order valence-corrected chi connectivity index (χ4v) is 2.30. The minimum atomic E-state index is -0.833. The van der Waals surface area contributed by atoms with Crippen molar-refractivity contribution in [2.45, 2.75) is 13.0 Å². The lowest BCUT2D eigenvalue weighted by Crippen LogP contribution is -2.41. The van der Waals surface area contributed by atoms with Gasteiger partial charge in [-0.2, -0.15) is 5.10 Å². The SMILES string of the molecule is CC(NC(=O)c1ccco1)C(=O)Nc1cc(-c2cccc([N+](=O)[O-])c2)[nH]n1. The lowest BCUT2D eigenvalue weighted by molar-refractivity contribution is -0.384. The third-order valence-electron chi connectivity index (χ3n) is 3.68. The van der Waals surface area contributed by atoms with E-state index in [0.717, 1.165) is 0 Å². The highest BCUT2D eigenvalue weighted by atomic mass is 16.6. The number of anilines is 1. The van der Waals surface area contributed by atoms with Gasteiger partial charge in [-0.05, 0) is 19.1 Å². The van der Waals surface area contributed by atoms with Crippen molar-refractivity contribution >= 4 is 23.3 Å². The summed E-state index contributed by atoms with van der Waals surface area (Å²) >= 11 is 0. The first kappa shape index (κ1) is 17.9. The van der Waals surface area contributed by atoms with Crippen molar-refractivity contribution in [3.8, 4) is 11.3 Å². The fraction of sp³-hybridized carbons (Fsp3) is 0.118. The van der Waals surface area contributed by atoms with Crippen LogP contribution in [0.5, 0.6) is 0 Å². The molecule has 1 aromatic carbocycles. The number of benzene rings is 1. The van der Waals surface area contributed by atoms with Gasteiger partial charge < -0.3 is 15.1 Å². The van der Waals surface area contributed by atoms with E-state index in [4.69, 9.17) is 4.42 Å². The zero-order valence-corrected chi connectivity index (χ0v) is 14.1. The number of nitrogens with one attached hydrogen (secondary N) is 3. The van der Waals surface area contributed by atoms with Crippen LogP contribution in [0.25, 0.3) is 11.3 Å². The summed E-state index contributed by atoms with van der Waals surface area (Å²) in [6.45, 7) is 1.52. The van der Waals surface area contributed by atoms with Gasteiger partial charge in [0.15, 0.2) is 11.6 Å². The molecule has 1 atom stereocenters. The average Bonchev–Trinajstić information content (AvgIpc) is 3.33. The molecule has 10 nitrogen and oxygen atoms in total. The third-order valence-corrected chi connectivity index (χ3v) is 3.68. The summed E-state index contributed by atoms with van der Waals surface area (Å²) in [6, 6.07) is 9.77. The Labute approximate surface area is 152 Å². The minimum absolute atomic E-state index is 0.0538.